The maximum atomic E-state index is 5.74. The van der Waals surface area contributed by atoms with Crippen LogP contribution in [-0.2, 0) is 12.0 Å². The summed E-state index contributed by atoms with van der Waals surface area (Å²) in [6, 6.07) is 8.67. The van der Waals surface area contributed by atoms with Crippen LogP contribution in [0, 0.1) is 0 Å². The summed E-state index contributed by atoms with van der Waals surface area (Å²) in [7, 11) is 3.65. The van der Waals surface area contributed by atoms with Gasteiger partial charge in [-0.25, -0.2) is 0 Å². The minimum atomic E-state index is 0. The Bertz CT molecular complexity index is 390. The van der Waals surface area contributed by atoms with Crippen LogP contribution in [0.1, 0.15) is 31.9 Å². The van der Waals surface area contributed by atoms with Gasteiger partial charge in [-0.05, 0) is 16.5 Å². The van der Waals surface area contributed by atoms with Gasteiger partial charge in [-0.1, -0.05) is 45.0 Å². The molecule has 0 aliphatic carbocycles. The van der Waals surface area contributed by atoms with Gasteiger partial charge in [-0.2, -0.15) is 0 Å². The van der Waals surface area contributed by atoms with Gasteiger partial charge < -0.3 is 10.6 Å². The predicted octanol–water partition coefficient (Wildman–Crippen LogP) is 2.98. The zero-order chi connectivity index (χ0) is 13.1. The second-order valence-electron chi connectivity index (χ2n) is 5.38. The summed E-state index contributed by atoms with van der Waals surface area (Å²) < 4.78 is 0. The highest BCUT2D eigenvalue weighted by Gasteiger charge is 2.13. The third kappa shape index (κ3) is 4.84. The molecule has 0 radical (unpaired) electrons. The minimum Gasteiger partial charge on any atom is -0.370 e. The maximum absolute atomic E-state index is 5.74. The summed E-state index contributed by atoms with van der Waals surface area (Å²) in [6.45, 7) is 7.44. The van der Waals surface area contributed by atoms with Crippen molar-refractivity contribution in [2.24, 2.45) is 10.7 Å². The smallest absolute Gasteiger partial charge is 0.191 e. The molecular formula is C14H24IN3. The lowest BCUT2D eigenvalue weighted by molar-refractivity contribution is 0.493. The maximum Gasteiger partial charge on any atom is 0.191 e. The molecule has 0 fully saturated rings. The lowest BCUT2D eigenvalue weighted by Gasteiger charge is -2.21. The van der Waals surface area contributed by atoms with E-state index < -0.39 is 0 Å². The molecular weight excluding hydrogens is 337 g/mol. The number of aliphatic imine (C=N–C) groups is 1. The van der Waals surface area contributed by atoms with Crippen LogP contribution < -0.4 is 5.73 Å². The van der Waals surface area contributed by atoms with Crippen molar-refractivity contribution in [1.82, 2.24) is 4.90 Å². The second-order valence-corrected chi connectivity index (χ2v) is 5.38. The highest BCUT2D eigenvalue weighted by atomic mass is 127. The van der Waals surface area contributed by atoms with Crippen LogP contribution in [0.4, 0.5) is 0 Å². The van der Waals surface area contributed by atoms with Crippen LogP contribution in [-0.4, -0.2) is 25.0 Å². The van der Waals surface area contributed by atoms with Gasteiger partial charge in [-0.15, -0.1) is 24.0 Å². The van der Waals surface area contributed by atoms with Crippen LogP contribution in [0.2, 0.25) is 0 Å². The van der Waals surface area contributed by atoms with E-state index in [1.54, 1.807) is 7.05 Å². The number of guanidine groups is 1. The zero-order valence-corrected chi connectivity index (χ0v) is 14.2. The number of hydrogen-bond acceptors (Lipinski definition) is 1. The lowest BCUT2D eigenvalue weighted by atomic mass is 9.87. The van der Waals surface area contributed by atoms with Crippen molar-refractivity contribution in [2.75, 3.05) is 14.1 Å². The molecule has 0 aliphatic rings. The molecule has 0 aliphatic heterocycles. The number of halogens is 1. The quantitative estimate of drug-likeness (QED) is 0.500. The monoisotopic (exact) mass is 361 g/mol. The fourth-order valence-electron chi connectivity index (χ4n) is 1.64. The van der Waals surface area contributed by atoms with Crippen molar-refractivity contribution >= 4 is 29.9 Å². The molecule has 0 bridgehead atoms. The summed E-state index contributed by atoms with van der Waals surface area (Å²) >= 11 is 0. The van der Waals surface area contributed by atoms with Gasteiger partial charge in [0.05, 0.1) is 0 Å². The van der Waals surface area contributed by atoms with Crippen molar-refractivity contribution < 1.29 is 0 Å². The molecule has 2 N–H and O–H groups in total. The Morgan fingerprint density at radius 2 is 1.72 bits per heavy atom. The Balaban J connectivity index is 0.00000289. The molecule has 1 rings (SSSR count). The van der Waals surface area contributed by atoms with Gasteiger partial charge in [0.1, 0.15) is 0 Å². The highest BCUT2D eigenvalue weighted by molar-refractivity contribution is 14.0. The summed E-state index contributed by atoms with van der Waals surface area (Å²) in [5.74, 6) is 0.560. The first-order valence-electron chi connectivity index (χ1n) is 5.87. The molecule has 1 aromatic carbocycles. The first-order chi connectivity index (χ1) is 7.84. The number of rotatable bonds is 2. The molecule has 18 heavy (non-hydrogen) atoms. The van der Waals surface area contributed by atoms with E-state index >= 15 is 0 Å². The molecule has 0 aromatic heterocycles. The van der Waals surface area contributed by atoms with E-state index in [-0.39, 0.29) is 29.4 Å². The van der Waals surface area contributed by atoms with Crippen LogP contribution in [0.3, 0.4) is 0 Å². The summed E-state index contributed by atoms with van der Waals surface area (Å²) in [6.07, 6.45) is 0. The Kier molecular flexibility index (Phi) is 6.67. The molecule has 3 nitrogen and oxygen atoms in total. The van der Waals surface area contributed by atoms with Gasteiger partial charge in [-0.3, -0.25) is 4.99 Å². The average Bonchev–Trinajstić information content (AvgIpc) is 2.27. The second kappa shape index (κ2) is 6.97. The highest BCUT2D eigenvalue weighted by Crippen LogP contribution is 2.22. The largest absolute Gasteiger partial charge is 0.370 e. The average molecular weight is 361 g/mol. The van der Waals surface area contributed by atoms with Crippen molar-refractivity contribution in [3.63, 3.8) is 0 Å². The van der Waals surface area contributed by atoms with Gasteiger partial charge in [0.25, 0.3) is 0 Å². The fraction of sp³-hybridized carbons (Fsp3) is 0.500. The molecule has 0 unspecified atom stereocenters. The van der Waals surface area contributed by atoms with Gasteiger partial charge in [0, 0.05) is 20.6 Å². The minimum absolute atomic E-state index is 0. The van der Waals surface area contributed by atoms with E-state index in [1.807, 2.05) is 11.9 Å². The molecule has 4 heteroatoms. The van der Waals surface area contributed by atoms with Crippen molar-refractivity contribution in [2.45, 2.75) is 32.7 Å². The fourth-order valence-corrected chi connectivity index (χ4v) is 1.64. The van der Waals surface area contributed by atoms with Crippen LogP contribution in [0.25, 0.3) is 0 Å². The van der Waals surface area contributed by atoms with E-state index in [0.29, 0.717) is 5.96 Å². The molecule has 0 heterocycles. The van der Waals surface area contributed by atoms with E-state index in [0.717, 1.165) is 6.54 Å². The van der Waals surface area contributed by atoms with E-state index in [9.17, 15) is 0 Å². The molecule has 1 aromatic rings. The molecule has 0 saturated heterocycles. The van der Waals surface area contributed by atoms with Crippen LogP contribution >= 0.6 is 24.0 Å². The van der Waals surface area contributed by atoms with E-state index in [1.165, 1.54) is 11.1 Å². The number of hydrogen-bond donors (Lipinski definition) is 1. The van der Waals surface area contributed by atoms with Crippen molar-refractivity contribution in [3.8, 4) is 0 Å². The first-order valence-corrected chi connectivity index (χ1v) is 5.87. The predicted molar refractivity (Wildman–Crippen MR) is 89.6 cm³/mol. The van der Waals surface area contributed by atoms with Gasteiger partial charge in [0.15, 0.2) is 5.96 Å². The third-order valence-electron chi connectivity index (χ3n) is 2.86. The zero-order valence-electron chi connectivity index (χ0n) is 11.9. The summed E-state index contributed by atoms with van der Waals surface area (Å²) in [4.78, 5) is 5.90. The molecule has 0 saturated carbocycles. The van der Waals surface area contributed by atoms with Crippen molar-refractivity contribution in [3.05, 3.63) is 35.4 Å². The van der Waals surface area contributed by atoms with E-state index in [2.05, 4.69) is 50.0 Å². The Morgan fingerprint density at radius 3 is 2.11 bits per heavy atom. The molecule has 0 amide bonds. The normalized spacial score (nSPS) is 11.9. The Morgan fingerprint density at radius 1 is 1.22 bits per heavy atom. The van der Waals surface area contributed by atoms with Crippen LogP contribution in [0.15, 0.2) is 29.3 Å². The Hall–Kier alpha value is -0.780. The summed E-state index contributed by atoms with van der Waals surface area (Å²) in [5.41, 5.74) is 8.53. The number of benzene rings is 1. The topological polar surface area (TPSA) is 41.6 Å². The summed E-state index contributed by atoms with van der Waals surface area (Å²) in [5, 5.41) is 0. The standard InChI is InChI=1S/C14H23N3.HI/c1-14(2,3)12-8-6-11(7-9-12)10-17(5)13(15)16-4;/h6-9H,10H2,1-5H3,(H2,15,16);1H. The number of nitrogens with zero attached hydrogens (tertiary/aromatic N) is 2. The molecule has 0 atom stereocenters. The van der Waals surface area contributed by atoms with E-state index in [4.69, 9.17) is 5.73 Å². The van der Waals surface area contributed by atoms with Gasteiger partial charge in [0.2, 0.25) is 0 Å². The number of nitrogens with two attached hydrogens (primary N) is 1. The van der Waals surface area contributed by atoms with Gasteiger partial charge >= 0.3 is 0 Å². The van der Waals surface area contributed by atoms with Crippen LogP contribution in [0.5, 0.6) is 0 Å². The molecule has 102 valence electrons. The third-order valence-corrected chi connectivity index (χ3v) is 2.86. The van der Waals surface area contributed by atoms with Crippen molar-refractivity contribution in [1.29, 1.82) is 0 Å². The Labute approximate surface area is 127 Å². The molecule has 0 spiro atoms. The lowest BCUT2D eigenvalue weighted by Crippen LogP contribution is -2.33. The SMILES string of the molecule is CN=C(N)N(C)Cc1ccc(C(C)(C)C)cc1.I. The first kappa shape index (κ1) is 17.2.